The van der Waals surface area contributed by atoms with E-state index >= 15 is 0 Å². The molecule has 2 aromatic heterocycles. The summed E-state index contributed by atoms with van der Waals surface area (Å²) >= 11 is 0. The first-order chi connectivity index (χ1) is 18.5. The number of hydrogen-bond acceptors (Lipinski definition) is 7. The van der Waals surface area contributed by atoms with Gasteiger partial charge in [-0.25, -0.2) is 9.78 Å². The molecule has 0 saturated heterocycles. The number of carbonyl (C=O) groups is 2. The summed E-state index contributed by atoms with van der Waals surface area (Å²) in [7, 11) is 1.36. The predicted molar refractivity (Wildman–Crippen MR) is 141 cm³/mol. The molecule has 3 heterocycles. The molecule has 0 aliphatic carbocycles. The molecule has 1 aliphatic heterocycles. The number of nitrogens with one attached hydrogen (secondary N) is 1. The number of rotatable bonds is 8. The summed E-state index contributed by atoms with van der Waals surface area (Å²) in [5, 5.41) is 14.5. The topological polar surface area (TPSA) is 119 Å². The van der Waals surface area contributed by atoms with Crippen molar-refractivity contribution in [2.75, 3.05) is 13.7 Å². The summed E-state index contributed by atoms with van der Waals surface area (Å²) in [6.45, 7) is 4.62. The number of hydrogen-bond donors (Lipinski definition) is 1. The molecule has 1 aliphatic rings. The second-order valence-corrected chi connectivity index (χ2v) is 9.42. The Balaban J connectivity index is 1.51. The number of esters is 1. The standard InChI is InChI=1S/C28H31N7O3/c1-4-5-10-24-29-23-15-16-34(18(2)36)26(28(37)38-3)25(23)35(24)17-19-11-13-20(14-12-19)21-8-6-7-9-22(21)27-30-32-33-31-27/h6-9,11-14,26H,4-5,10,15-17H2,1-3H3,(H,30,31,32,33). The lowest BCUT2D eigenvalue weighted by atomic mass is 9.98. The molecule has 10 nitrogen and oxygen atoms in total. The number of aromatic amines is 1. The third-order valence-electron chi connectivity index (χ3n) is 7.02. The van der Waals surface area contributed by atoms with E-state index in [1.165, 1.54) is 14.0 Å². The highest BCUT2D eigenvalue weighted by Gasteiger charge is 2.39. The van der Waals surface area contributed by atoms with E-state index in [1.54, 1.807) is 4.90 Å². The first-order valence-corrected chi connectivity index (χ1v) is 12.9. The summed E-state index contributed by atoms with van der Waals surface area (Å²) < 4.78 is 7.25. The van der Waals surface area contributed by atoms with Gasteiger partial charge in [-0.1, -0.05) is 61.9 Å². The maximum atomic E-state index is 12.9. The van der Waals surface area contributed by atoms with Crippen LogP contribution in [0.1, 0.15) is 55.5 Å². The van der Waals surface area contributed by atoms with E-state index in [-0.39, 0.29) is 5.91 Å². The molecular weight excluding hydrogens is 482 g/mol. The molecular formula is C28H31N7O3. The fourth-order valence-corrected chi connectivity index (χ4v) is 5.13. The largest absolute Gasteiger partial charge is 0.467 e. The minimum absolute atomic E-state index is 0.154. The first kappa shape index (κ1) is 25.3. The summed E-state index contributed by atoms with van der Waals surface area (Å²) in [5.41, 5.74) is 5.62. The third kappa shape index (κ3) is 4.81. The van der Waals surface area contributed by atoms with E-state index in [0.29, 0.717) is 25.3 Å². The Labute approximate surface area is 221 Å². The van der Waals surface area contributed by atoms with Crippen molar-refractivity contribution in [3.8, 4) is 22.5 Å². The highest BCUT2D eigenvalue weighted by molar-refractivity contribution is 5.85. The van der Waals surface area contributed by atoms with E-state index in [4.69, 9.17) is 9.72 Å². The Hall–Kier alpha value is -4.34. The van der Waals surface area contributed by atoms with Crippen molar-refractivity contribution in [3.05, 3.63) is 71.3 Å². The highest BCUT2D eigenvalue weighted by atomic mass is 16.5. The SMILES string of the molecule is CCCCc1nc2c(n1Cc1ccc(-c3ccccc3-c3nn[nH]n3)cc1)C(C(=O)OC)N(C(C)=O)CC2. The molecule has 196 valence electrons. The lowest BCUT2D eigenvalue weighted by molar-refractivity contribution is -0.153. The van der Waals surface area contributed by atoms with Crippen LogP contribution in [0, 0.1) is 0 Å². The average molecular weight is 514 g/mol. The van der Waals surface area contributed by atoms with Crippen LogP contribution in [0.15, 0.2) is 48.5 Å². The van der Waals surface area contributed by atoms with Crippen LogP contribution in [0.5, 0.6) is 0 Å². The monoisotopic (exact) mass is 513 g/mol. The van der Waals surface area contributed by atoms with Gasteiger partial charge in [0.25, 0.3) is 0 Å². The molecule has 0 fully saturated rings. The van der Waals surface area contributed by atoms with E-state index in [1.807, 2.05) is 24.3 Å². The van der Waals surface area contributed by atoms with E-state index in [9.17, 15) is 9.59 Å². The molecule has 1 N–H and O–H groups in total. The van der Waals surface area contributed by atoms with Crippen molar-refractivity contribution < 1.29 is 14.3 Å². The number of amides is 1. The number of aryl methyl sites for hydroxylation is 1. The number of imidazole rings is 1. The predicted octanol–water partition coefficient (Wildman–Crippen LogP) is 3.74. The third-order valence-corrected chi connectivity index (χ3v) is 7.02. The van der Waals surface area contributed by atoms with E-state index in [0.717, 1.165) is 58.7 Å². The maximum Gasteiger partial charge on any atom is 0.334 e. The van der Waals surface area contributed by atoms with Gasteiger partial charge in [-0.3, -0.25) is 4.79 Å². The van der Waals surface area contributed by atoms with Gasteiger partial charge in [-0.2, -0.15) is 5.21 Å². The van der Waals surface area contributed by atoms with Crippen molar-refractivity contribution in [1.29, 1.82) is 0 Å². The lowest BCUT2D eigenvalue weighted by Crippen LogP contribution is -2.44. The zero-order valence-corrected chi connectivity index (χ0v) is 21.8. The summed E-state index contributed by atoms with van der Waals surface area (Å²) in [6.07, 6.45) is 3.43. The number of unbranched alkanes of at least 4 members (excludes halogenated alkanes) is 1. The van der Waals surface area contributed by atoms with Gasteiger partial charge in [0.2, 0.25) is 11.7 Å². The fourth-order valence-electron chi connectivity index (χ4n) is 5.13. The van der Waals surface area contributed by atoms with Crippen LogP contribution in [0.3, 0.4) is 0 Å². The molecule has 0 radical (unpaired) electrons. The average Bonchev–Trinajstić information content (AvgIpc) is 3.60. The van der Waals surface area contributed by atoms with Crippen molar-refractivity contribution in [1.82, 2.24) is 35.1 Å². The molecule has 4 aromatic rings. The quantitative estimate of drug-likeness (QED) is 0.357. The van der Waals surface area contributed by atoms with Gasteiger partial charge in [0, 0.05) is 38.4 Å². The number of H-pyrrole nitrogens is 1. The molecule has 1 unspecified atom stereocenters. The zero-order valence-electron chi connectivity index (χ0n) is 21.8. The second-order valence-electron chi connectivity index (χ2n) is 9.42. The minimum Gasteiger partial charge on any atom is -0.467 e. The number of tetrazole rings is 1. The molecule has 0 saturated carbocycles. The van der Waals surface area contributed by atoms with Gasteiger partial charge in [0.1, 0.15) is 5.82 Å². The first-order valence-electron chi connectivity index (χ1n) is 12.9. The number of ether oxygens (including phenoxy) is 1. The van der Waals surface area contributed by atoms with E-state index < -0.39 is 12.0 Å². The molecule has 10 heteroatoms. The van der Waals surface area contributed by atoms with Crippen LogP contribution in [-0.2, 0) is 33.7 Å². The summed E-state index contributed by atoms with van der Waals surface area (Å²) in [5.74, 6) is 0.873. The van der Waals surface area contributed by atoms with Gasteiger partial charge in [-0.15, -0.1) is 10.2 Å². The molecule has 0 bridgehead atoms. The normalized spacial score (nSPS) is 14.8. The second kappa shape index (κ2) is 11.0. The molecule has 5 rings (SSSR count). The van der Waals surface area contributed by atoms with Crippen LogP contribution < -0.4 is 0 Å². The van der Waals surface area contributed by atoms with Crippen LogP contribution in [0.2, 0.25) is 0 Å². The molecule has 1 amide bonds. The molecule has 1 atom stereocenters. The summed E-state index contributed by atoms with van der Waals surface area (Å²) in [6, 6.07) is 15.4. The molecule has 38 heavy (non-hydrogen) atoms. The number of aromatic nitrogens is 6. The van der Waals surface area contributed by atoms with Crippen molar-refractivity contribution in [2.45, 2.75) is 52.1 Å². The maximum absolute atomic E-state index is 12.9. The van der Waals surface area contributed by atoms with Gasteiger partial charge in [0.05, 0.1) is 18.5 Å². The van der Waals surface area contributed by atoms with Crippen LogP contribution in [-0.4, -0.2) is 60.6 Å². The smallest absolute Gasteiger partial charge is 0.334 e. The number of nitrogens with zero attached hydrogens (tertiary/aromatic N) is 6. The number of fused-ring (bicyclic) bond motifs is 1. The Morgan fingerprint density at radius 3 is 2.53 bits per heavy atom. The van der Waals surface area contributed by atoms with Crippen molar-refractivity contribution in [3.63, 3.8) is 0 Å². The fraction of sp³-hybridized carbons (Fsp3) is 0.357. The van der Waals surface area contributed by atoms with Crippen LogP contribution >= 0.6 is 0 Å². The Kier molecular flexibility index (Phi) is 7.30. The zero-order chi connectivity index (χ0) is 26.6. The Morgan fingerprint density at radius 2 is 1.87 bits per heavy atom. The van der Waals surface area contributed by atoms with Gasteiger partial charge in [-0.05, 0) is 28.3 Å². The lowest BCUT2D eigenvalue weighted by Gasteiger charge is -2.33. The molecule has 2 aromatic carbocycles. The summed E-state index contributed by atoms with van der Waals surface area (Å²) in [4.78, 5) is 31.9. The highest BCUT2D eigenvalue weighted by Crippen LogP contribution is 2.34. The van der Waals surface area contributed by atoms with Crippen molar-refractivity contribution in [2.24, 2.45) is 0 Å². The number of carbonyl (C=O) groups excluding carboxylic acids is 2. The molecule has 0 spiro atoms. The number of methoxy groups -OCH3 is 1. The van der Waals surface area contributed by atoms with Gasteiger partial charge in [0.15, 0.2) is 6.04 Å². The van der Waals surface area contributed by atoms with E-state index in [2.05, 4.69) is 56.4 Å². The Bertz CT molecular complexity index is 1430. The number of benzene rings is 2. The van der Waals surface area contributed by atoms with Gasteiger partial charge >= 0.3 is 5.97 Å². The van der Waals surface area contributed by atoms with Gasteiger partial charge < -0.3 is 14.2 Å². The minimum atomic E-state index is -0.801. The van der Waals surface area contributed by atoms with Crippen LogP contribution in [0.25, 0.3) is 22.5 Å². The van der Waals surface area contributed by atoms with Crippen molar-refractivity contribution >= 4 is 11.9 Å². The van der Waals surface area contributed by atoms with Crippen LogP contribution in [0.4, 0.5) is 0 Å². The Morgan fingerprint density at radius 1 is 1.11 bits per heavy atom.